The molecule has 1 aliphatic rings. The van der Waals surface area contributed by atoms with Gasteiger partial charge in [-0.15, -0.1) is 0 Å². The summed E-state index contributed by atoms with van der Waals surface area (Å²) in [7, 11) is 0. The normalized spacial score (nSPS) is 37.7. The van der Waals surface area contributed by atoms with Crippen molar-refractivity contribution in [2.24, 2.45) is 0 Å². The second kappa shape index (κ2) is 2.21. The van der Waals surface area contributed by atoms with Crippen LogP contribution in [0, 0.1) is 11.3 Å². The molecule has 0 saturated carbocycles. The highest BCUT2D eigenvalue weighted by Gasteiger charge is 2.55. The van der Waals surface area contributed by atoms with E-state index in [2.05, 4.69) is 5.32 Å². The molecular formula is C9H16N2O. The number of hydrogen-bond donors (Lipinski definition) is 2. The maximum atomic E-state index is 9.94. The first-order chi connectivity index (χ1) is 5.22. The monoisotopic (exact) mass is 168 g/mol. The van der Waals surface area contributed by atoms with Gasteiger partial charge in [0.15, 0.2) is 5.60 Å². The highest BCUT2D eigenvalue weighted by atomic mass is 16.3. The van der Waals surface area contributed by atoms with Crippen molar-refractivity contribution in [2.75, 3.05) is 0 Å². The fraction of sp³-hybridized carbons (Fsp3) is 0.889. The molecular weight excluding hydrogens is 152 g/mol. The summed E-state index contributed by atoms with van der Waals surface area (Å²) in [6, 6.07) is 1.98. The molecule has 2 N–H and O–H groups in total. The number of nitriles is 1. The van der Waals surface area contributed by atoms with Crippen LogP contribution in [0.1, 0.15) is 34.1 Å². The average molecular weight is 168 g/mol. The predicted octanol–water partition coefficient (Wildman–Crippen LogP) is 0.792. The second-order valence-electron chi connectivity index (χ2n) is 4.78. The lowest BCUT2D eigenvalue weighted by Crippen LogP contribution is -2.52. The SMILES string of the molecule is CC1(C)CC(O)(C#N)C(C)(C)N1. The highest BCUT2D eigenvalue weighted by molar-refractivity contribution is 5.22. The first kappa shape index (κ1) is 9.50. The van der Waals surface area contributed by atoms with Crippen LogP contribution in [0.4, 0.5) is 0 Å². The summed E-state index contributed by atoms with van der Waals surface area (Å²) in [5.41, 5.74) is -1.92. The fourth-order valence-electron chi connectivity index (χ4n) is 2.03. The van der Waals surface area contributed by atoms with E-state index in [1.807, 2.05) is 33.8 Å². The molecule has 1 saturated heterocycles. The minimum Gasteiger partial charge on any atom is -0.373 e. The van der Waals surface area contributed by atoms with Gasteiger partial charge in [0.1, 0.15) is 0 Å². The molecule has 0 aliphatic carbocycles. The molecule has 12 heavy (non-hydrogen) atoms. The van der Waals surface area contributed by atoms with Crippen molar-refractivity contribution in [3.8, 4) is 6.07 Å². The number of rotatable bonds is 0. The maximum Gasteiger partial charge on any atom is 0.170 e. The molecule has 0 aromatic heterocycles. The van der Waals surface area contributed by atoms with Crippen molar-refractivity contribution in [3.05, 3.63) is 0 Å². The van der Waals surface area contributed by atoms with Crippen LogP contribution in [0.2, 0.25) is 0 Å². The van der Waals surface area contributed by atoms with Crippen LogP contribution in [0.3, 0.4) is 0 Å². The van der Waals surface area contributed by atoms with E-state index < -0.39 is 11.1 Å². The Kier molecular flexibility index (Phi) is 1.75. The third kappa shape index (κ3) is 1.21. The van der Waals surface area contributed by atoms with Crippen LogP contribution in [0.15, 0.2) is 0 Å². The van der Waals surface area contributed by atoms with Gasteiger partial charge in [-0.1, -0.05) is 0 Å². The van der Waals surface area contributed by atoms with Gasteiger partial charge < -0.3 is 10.4 Å². The van der Waals surface area contributed by atoms with Gasteiger partial charge in [-0.2, -0.15) is 5.26 Å². The Balaban J connectivity index is 3.02. The van der Waals surface area contributed by atoms with E-state index in [4.69, 9.17) is 5.26 Å². The van der Waals surface area contributed by atoms with Crippen LogP contribution >= 0.6 is 0 Å². The summed E-state index contributed by atoms with van der Waals surface area (Å²) in [4.78, 5) is 0. The molecule has 0 aromatic carbocycles. The Morgan fingerprint density at radius 1 is 1.33 bits per heavy atom. The number of hydrogen-bond acceptors (Lipinski definition) is 3. The predicted molar refractivity (Wildman–Crippen MR) is 46.5 cm³/mol. The van der Waals surface area contributed by atoms with Gasteiger partial charge in [0.2, 0.25) is 0 Å². The van der Waals surface area contributed by atoms with Gasteiger partial charge in [0.05, 0.1) is 11.6 Å². The van der Waals surface area contributed by atoms with Crippen LogP contribution in [0.5, 0.6) is 0 Å². The third-order valence-corrected chi connectivity index (χ3v) is 2.57. The van der Waals surface area contributed by atoms with Crippen molar-refractivity contribution in [2.45, 2.75) is 50.8 Å². The Morgan fingerprint density at radius 2 is 1.83 bits per heavy atom. The van der Waals surface area contributed by atoms with Crippen LogP contribution in [-0.2, 0) is 0 Å². The highest BCUT2D eigenvalue weighted by Crippen LogP contribution is 2.38. The van der Waals surface area contributed by atoms with Gasteiger partial charge in [-0.05, 0) is 27.7 Å². The molecule has 0 amide bonds. The van der Waals surface area contributed by atoms with Gasteiger partial charge in [0.25, 0.3) is 0 Å². The van der Waals surface area contributed by atoms with Crippen LogP contribution < -0.4 is 5.32 Å². The molecule has 0 bridgehead atoms. The zero-order valence-corrected chi connectivity index (χ0v) is 8.10. The van der Waals surface area contributed by atoms with Crippen molar-refractivity contribution < 1.29 is 5.11 Å². The van der Waals surface area contributed by atoms with Gasteiger partial charge in [0, 0.05) is 12.0 Å². The molecule has 0 radical (unpaired) electrons. The molecule has 1 unspecified atom stereocenters. The van der Waals surface area contributed by atoms with E-state index in [1.165, 1.54) is 0 Å². The Morgan fingerprint density at radius 3 is 2.00 bits per heavy atom. The zero-order chi connectivity index (χ0) is 9.62. The molecule has 3 nitrogen and oxygen atoms in total. The van der Waals surface area contributed by atoms with E-state index >= 15 is 0 Å². The van der Waals surface area contributed by atoms with Crippen molar-refractivity contribution in [3.63, 3.8) is 0 Å². The maximum absolute atomic E-state index is 9.94. The molecule has 1 fully saturated rings. The van der Waals surface area contributed by atoms with E-state index in [0.29, 0.717) is 6.42 Å². The summed E-state index contributed by atoms with van der Waals surface area (Å²) >= 11 is 0. The lowest BCUT2D eigenvalue weighted by molar-refractivity contribution is 0.0464. The number of aliphatic hydroxyl groups is 1. The summed E-state index contributed by atoms with van der Waals surface area (Å²) in [6.45, 7) is 7.68. The van der Waals surface area contributed by atoms with E-state index in [0.717, 1.165) is 0 Å². The van der Waals surface area contributed by atoms with Crippen LogP contribution in [-0.4, -0.2) is 21.8 Å². The summed E-state index contributed by atoms with van der Waals surface area (Å²) in [5.74, 6) is 0. The first-order valence-electron chi connectivity index (χ1n) is 4.15. The van der Waals surface area contributed by atoms with Gasteiger partial charge in [-0.25, -0.2) is 0 Å². The lowest BCUT2D eigenvalue weighted by Gasteiger charge is -2.30. The number of nitrogens with one attached hydrogen (secondary N) is 1. The first-order valence-corrected chi connectivity index (χ1v) is 4.15. The molecule has 1 aliphatic heterocycles. The van der Waals surface area contributed by atoms with Crippen molar-refractivity contribution in [1.29, 1.82) is 5.26 Å². The number of nitrogens with zero attached hydrogens (tertiary/aromatic N) is 1. The van der Waals surface area contributed by atoms with Crippen molar-refractivity contribution >= 4 is 0 Å². The summed E-state index contributed by atoms with van der Waals surface area (Å²) < 4.78 is 0. The smallest absolute Gasteiger partial charge is 0.170 e. The molecule has 1 rings (SSSR count). The van der Waals surface area contributed by atoms with E-state index in [1.54, 1.807) is 0 Å². The topological polar surface area (TPSA) is 56.0 Å². The molecule has 1 atom stereocenters. The fourth-order valence-corrected chi connectivity index (χ4v) is 2.03. The standard InChI is InChI=1S/C9H16N2O/c1-7(2)5-9(12,6-10)8(3,4)11-7/h11-12H,5H2,1-4H3. The Hall–Kier alpha value is -0.590. The van der Waals surface area contributed by atoms with Gasteiger partial charge >= 0.3 is 0 Å². The largest absolute Gasteiger partial charge is 0.373 e. The average Bonchev–Trinajstić information content (AvgIpc) is 1.98. The van der Waals surface area contributed by atoms with Gasteiger partial charge in [-0.3, -0.25) is 0 Å². The molecule has 0 aromatic rings. The molecule has 68 valence electrons. The Labute approximate surface area is 73.4 Å². The van der Waals surface area contributed by atoms with E-state index in [-0.39, 0.29) is 5.54 Å². The second-order valence-corrected chi connectivity index (χ2v) is 4.78. The lowest BCUT2D eigenvalue weighted by atomic mass is 9.83. The quantitative estimate of drug-likeness (QED) is 0.526. The zero-order valence-electron chi connectivity index (χ0n) is 8.10. The molecule has 3 heteroatoms. The van der Waals surface area contributed by atoms with Crippen molar-refractivity contribution in [1.82, 2.24) is 5.32 Å². The van der Waals surface area contributed by atoms with Crippen LogP contribution in [0.25, 0.3) is 0 Å². The summed E-state index contributed by atoms with van der Waals surface area (Å²) in [5, 5.41) is 22.0. The molecule has 1 heterocycles. The summed E-state index contributed by atoms with van der Waals surface area (Å²) in [6.07, 6.45) is 0.476. The molecule has 0 spiro atoms. The minimum atomic E-state index is -1.24. The third-order valence-electron chi connectivity index (χ3n) is 2.57. The Bertz CT molecular complexity index is 239. The minimum absolute atomic E-state index is 0.159. The van der Waals surface area contributed by atoms with E-state index in [9.17, 15) is 5.11 Å².